The highest BCUT2D eigenvalue weighted by Crippen LogP contribution is 2.14. The lowest BCUT2D eigenvalue weighted by Crippen LogP contribution is -1.98. The van der Waals surface area contributed by atoms with Gasteiger partial charge in [0, 0.05) is 13.2 Å². The first-order valence-corrected chi connectivity index (χ1v) is 3.83. The van der Waals surface area contributed by atoms with Crippen molar-refractivity contribution >= 4 is 5.82 Å². The fourth-order valence-corrected chi connectivity index (χ4v) is 1.13. The van der Waals surface area contributed by atoms with E-state index in [2.05, 4.69) is 15.1 Å². The molecule has 0 saturated heterocycles. The molecule has 0 aromatic carbocycles. The second-order valence-electron chi connectivity index (χ2n) is 2.67. The average Bonchev–Trinajstić information content (AvgIpc) is 2.51. The van der Waals surface area contributed by atoms with E-state index in [0.29, 0.717) is 5.82 Å². The van der Waals surface area contributed by atoms with Crippen molar-refractivity contribution in [3.8, 4) is 11.4 Å². The fraction of sp³-hybridized carbons (Fsp3) is 0.125. The van der Waals surface area contributed by atoms with Crippen LogP contribution in [0.4, 0.5) is 5.82 Å². The highest BCUT2D eigenvalue weighted by atomic mass is 15.3. The van der Waals surface area contributed by atoms with E-state index in [1.54, 1.807) is 17.1 Å². The zero-order valence-electron chi connectivity index (χ0n) is 7.18. The van der Waals surface area contributed by atoms with E-state index in [1.807, 2.05) is 13.1 Å². The van der Waals surface area contributed by atoms with Crippen LogP contribution in [-0.2, 0) is 7.05 Å². The Bertz CT molecular complexity index is 420. The van der Waals surface area contributed by atoms with E-state index in [1.165, 1.54) is 6.20 Å². The number of anilines is 1. The third-order valence-electron chi connectivity index (χ3n) is 1.74. The Morgan fingerprint density at radius 3 is 2.85 bits per heavy atom. The summed E-state index contributed by atoms with van der Waals surface area (Å²) in [5, 5.41) is 4.03. The van der Waals surface area contributed by atoms with Crippen LogP contribution in [-0.4, -0.2) is 19.7 Å². The molecule has 2 aromatic heterocycles. The second kappa shape index (κ2) is 2.85. The highest BCUT2D eigenvalue weighted by molar-refractivity contribution is 5.54. The standard InChI is InChI=1S/C8H9N5/c1-13-7(2-3-11-13)6-4-10-5-8(9)12-6/h2-5H,1H3,(H2,9,12). The first-order chi connectivity index (χ1) is 6.27. The highest BCUT2D eigenvalue weighted by Gasteiger charge is 2.03. The van der Waals surface area contributed by atoms with Crippen molar-refractivity contribution in [1.82, 2.24) is 19.7 Å². The van der Waals surface area contributed by atoms with Crippen LogP contribution < -0.4 is 5.73 Å². The molecule has 2 rings (SSSR count). The Hall–Kier alpha value is -1.91. The van der Waals surface area contributed by atoms with Gasteiger partial charge in [-0.2, -0.15) is 5.10 Å². The minimum atomic E-state index is 0.415. The van der Waals surface area contributed by atoms with Crippen LogP contribution in [0.15, 0.2) is 24.7 Å². The molecule has 0 aliphatic carbocycles. The Kier molecular flexibility index (Phi) is 1.70. The molecule has 2 N–H and O–H groups in total. The summed E-state index contributed by atoms with van der Waals surface area (Å²) in [5.41, 5.74) is 7.15. The molecule has 0 bridgehead atoms. The molecule has 5 heteroatoms. The number of aryl methyl sites for hydroxylation is 1. The van der Waals surface area contributed by atoms with Crippen LogP contribution in [0.1, 0.15) is 0 Å². The smallest absolute Gasteiger partial charge is 0.142 e. The quantitative estimate of drug-likeness (QED) is 0.683. The van der Waals surface area contributed by atoms with Gasteiger partial charge in [0.05, 0.1) is 18.1 Å². The SMILES string of the molecule is Cn1nccc1-c1cncc(N)n1. The molecular formula is C8H9N5. The van der Waals surface area contributed by atoms with Crippen molar-refractivity contribution in [2.45, 2.75) is 0 Å². The minimum Gasteiger partial charge on any atom is -0.382 e. The van der Waals surface area contributed by atoms with Gasteiger partial charge < -0.3 is 5.73 Å². The van der Waals surface area contributed by atoms with Crippen molar-refractivity contribution in [2.75, 3.05) is 5.73 Å². The molecule has 0 saturated carbocycles. The van der Waals surface area contributed by atoms with Crippen LogP contribution in [0.2, 0.25) is 0 Å². The summed E-state index contributed by atoms with van der Waals surface area (Å²) in [5.74, 6) is 0.415. The Balaban J connectivity index is 2.53. The lowest BCUT2D eigenvalue weighted by molar-refractivity contribution is 0.773. The number of nitrogens with zero attached hydrogens (tertiary/aromatic N) is 4. The number of nitrogen functional groups attached to an aromatic ring is 1. The molecule has 2 aromatic rings. The topological polar surface area (TPSA) is 69.6 Å². The first-order valence-electron chi connectivity index (χ1n) is 3.83. The van der Waals surface area contributed by atoms with Gasteiger partial charge in [0.15, 0.2) is 0 Å². The summed E-state index contributed by atoms with van der Waals surface area (Å²) >= 11 is 0. The maximum absolute atomic E-state index is 5.51. The molecule has 0 aliphatic heterocycles. The van der Waals surface area contributed by atoms with Gasteiger partial charge in [-0.05, 0) is 6.07 Å². The van der Waals surface area contributed by atoms with E-state index in [9.17, 15) is 0 Å². The summed E-state index contributed by atoms with van der Waals surface area (Å²) in [6.07, 6.45) is 4.88. The molecule has 0 radical (unpaired) electrons. The Morgan fingerprint density at radius 2 is 2.23 bits per heavy atom. The third-order valence-corrected chi connectivity index (χ3v) is 1.74. The molecule has 0 amide bonds. The molecule has 66 valence electrons. The monoisotopic (exact) mass is 175 g/mol. The van der Waals surface area contributed by atoms with E-state index in [0.717, 1.165) is 11.4 Å². The maximum atomic E-state index is 5.51. The summed E-state index contributed by atoms with van der Waals surface area (Å²) in [4.78, 5) is 8.08. The largest absolute Gasteiger partial charge is 0.382 e. The zero-order valence-corrected chi connectivity index (χ0v) is 7.18. The van der Waals surface area contributed by atoms with E-state index < -0.39 is 0 Å². The van der Waals surface area contributed by atoms with Gasteiger partial charge >= 0.3 is 0 Å². The van der Waals surface area contributed by atoms with Crippen LogP contribution in [0.25, 0.3) is 11.4 Å². The van der Waals surface area contributed by atoms with Gasteiger partial charge in [0.1, 0.15) is 11.5 Å². The summed E-state index contributed by atoms with van der Waals surface area (Å²) < 4.78 is 1.73. The van der Waals surface area contributed by atoms with Gasteiger partial charge in [-0.3, -0.25) is 9.67 Å². The lowest BCUT2D eigenvalue weighted by atomic mass is 10.3. The molecule has 13 heavy (non-hydrogen) atoms. The average molecular weight is 175 g/mol. The van der Waals surface area contributed by atoms with Crippen molar-refractivity contribution in [3.63, 3.8) is 0 Å². The van der Waals surface area contributed by atoms with Crippen molar-refractivity contribution < 1.29 is 0 Å². The van der Waals surface area contributed by atoms with Gasteiger partial charge in [-0.25, -0.2) is 4.98 Å². The van der Waals surface area contributed by atoms with Gasteiger partial charge in [-0.1, -0.05) is 0 Å². The molecule has 0 atom stereocenters. The number of rotatable bonds is 1. The maximum Gasteiger partial charge on any atom is 0.142 e. The van der Waals surface area contributed by atoms with Gasteiger partial charge in [0.2, 0.25) is 0 Å². The second-order valence-corrected chi connectivity index (χ2v) is 2.67. The molecule has 0 spiro atoms. The summed E-state index contributed by atoms with van der Waals surface area (Å²) in [7, 11) is 1.85. The Labute approximate surface area is 75.2 Å². The van der Waals surface area contributed by atoms with E-state index in [-0.39, 0.29) is 0 Å². The molecule has 5 nitrogen and oxygen atoms in total. The summed E-state index contributed by atoms with van der Waals surface area (Å²) in [6, 6.07) is 1.86. The van der Waals surface area contributed by atoms with Crippen molar-refractivity contribution in [2.24, 2.45) is 7.05 Å². The third kappa shape index (κ3) is 1.35. The summed E-state index contributed by atoms with van der Waals surface area (Å²) in [6.45, 7) is 0. The van der Waals surface area contributed by atoms with E-state index in [4.69, 9.17) is 5.73 Å². The number of hydrogen-bond donors (Lipinski definition) is 1. The van der Waals surface area contributed by atoms with Crippen LogP contribution >= 0.6 is 0 Å². The van der Waals surface area contributed by atoms with Gasteiger partial charge in [-0.15, -0.1) is 0 Å². The van der Waals surface area contributed by atoms with Crippen molar-refractivity contribution in [3.05, 3.63) is 24.7 Å². The minimum absolute atomic E-state index is 0.415. The Morgan fingerprint density at radius 1 is 1.38 bits per heavy atom. The van der Waals surface area contributed by atoms with Crippen molar-refractivity contribution in [1.29, 1.82) is 0 Å². The molecule has 2 heterocycles. The number of aromatic nitrogens is 4. The van der Waals surface area contributed by atoms with Crippen LogP contribution in [0, 0.1) is 0 Å². The predicted octanol–water partition coefficient (Wildman–Crippen LogP) is 0.459. The molecule has 0 unspecified atom stereocenters. The first kappa shape index (κ1) is 7.72. The zero-order chi connectivity index (χ0) is 9.26. The predicted molar refractivity (Wildman–Crippen MR) is 48.6 cm³/mol. The number of hydrogen-bond acceptors (Lipinski definition) is 4. The molecule has 0 aliphatic rings. The molecular weight excluding hydrogens is 166 g/mol. The number of nitrogens with two attached hydrogens (primary N) is 1. The molecule has 0 fully saturated rings. The lowest BCUT2D eigenvalue weighted by Gasteiger charge is -2.00. The van der Waals surface area contributed by atoms with Gasteiger partial charge in [0.25, 0.3) is 0 Å². The normalized spacial score (nSPS) is 10.2. The fourth-order valence-electron chi connectivity index (χ4n) is 1.13. The van der Waals surface area contributed by atoms with Crippen LogP contribution in [0.3, 0.4) is 0 Å². The van der Waals surface area contributed by atoms with Crippen LogP contribution in [0.5, 0.6) is 0 Å². The van der Waals surface area contributed by atoms with E-state index >= 15 is 0 Å².